The third-order valence-electron chi connectivity index (χ3n) is 2.18. The summed E-state index contributed by atoms with van der Waals surface area (Å²) < 4.78 is 17.5. The average molecular weight is 323 g/mol. The van der Waals surface area contributed by atoms with Crippen molar-refractivity contribution in [3.05, 3.63) is 0 Å². The number of rotatable bonds is 8. The molecule has 7 heteroatoms. The first-order chi connectivity index (χ1) is 7.97. The number of ether oxygens (including phenoxy) is 1. The summed E-state index contributed by atoms with van der Waals surface area (Å²) in [6, 6.07) is 1.06. The van der Waals surface area contributed by atoms with Crippen LogP contribution in [0.25, 0.3) is 0 Å². The molecule has 4 nitrogen and oxygen atoms in total. The molecule has 0 radical (unpaired) electrons. The molecule has 0 spiro atoms. The molecule has 0 aliphatic heterocycles. The molecule has 0 saturated carbocycles. The summed E-state index contributed by atoms with van der Waals surface area (Å²) in [5.41, 5.74) is 0. The Bertz CT molecular complexity index is 292. The van der Waals surface area contributed by atoms with E-state index < -0.39 is 25.2 Å². The third-order valence-corrected chi connectivity index (χ3v) is 12.3. The Labute approximate surface area is 121 Å². The summed E-state index contributed by atoms with van der Waals surface area (Å²) >= 11 is 0. The third kappa shape index (κ3) is 12.7. The smallest absolute Gasteiger partial charge is 0.311 e. The second kappa shape index (κ2) is 8.24. The highest BCUT2D eigenvalue weighted by atomic mass is 28.5. The molecule has 0 fully saturated rings. The molecule has 0 saturated heterocycles. The zero-order chi connectivity index (χ0) is 14.4. The maximum absolute atomic E-state index is 6.36. The van der Waals surface area contributed by atoms with E-state index in [1.54, 1.807) is 0 Å². The molecule has 2 N–H and O–H groups in total. The van der Waals surface area contributed by atoms with Crippen molar-refractivity contribution >= 4 is 25.2 Å². The lowest BCUT2D eigenvalue weighted by Crippen LogP contribution is -2.51. The first kappa shape index (κ1) is 21.2. The number of hydrogen-bond acceptors (Lipinski definition) is 3. The normalized spacial score (nSPS) is 12.5. The summed E-state index contributed by atoms with van der Waals surface area (Å²) in [5.74, 6) is 0. The molecule has 114 valence electrons. The van der Waals surface area contributed by atoms with Crippen LogP contribution in [-0.4, -0.2) is 37.3 Å². The van der Waals surface area contributed by atoms with Crippen LogP contribution in [0.5, 0.6) is 0 Å². The summed E-state index contributed by atoms with van der Waals surface area (Å²) in [6.07, 6.45) is 8.21. The fourth-order valence-electron chi connectivity index (χ4n) is 2.10. The molecule has 0 aromatic heterocycles. The summed E-state index contributed by atoms with van der Waals surface area (Å²) in [4.78, 5) is 0. The van der Waals surface area contributed by atoms with Crippen LogP contribution < -0.4 is 0 Å². The van der Waals surface area contributed by atoms with Crippen LogP contribution in [0.4, 0.5) is 0 Å². The quantitative estimate of drug-likeness (QED) is 0.392. The fraction of sp³-hybridized carbons (Fsp3) is 0.833. The molecule has 19 heavy (non-hydrogen) atoms. The Balaban J connectivity index is 0. The first-order valence-corrected chi connectivity index (χ1v) is 15.8. The maximum Gasteiger partial charge on any atom is 0.311 e. The van der Waals surface area contributed by atoms with Crippen molar-refractivity contribution in [2.75, 3.05) is 6.61 Å². The molecule has 0 aromatic rings. The van der Waals surface area contributed by atoms with Gasteiger partial charge >= 0.3 is 8.56 Å². The Morgan fingerprint density at radius 1 is 0.947 bits per heavy atom. The minimum Gasteiger partial charge on any atom is -0.447 e. The van der Waals surface area contributed by atoms with Gasteiger partial charge in [0.2, 0.25) is 0 Å². The van der Waals surface area contributed by atoms with Gasteiger partial charge in [-0.2, -0.15) is 0 Å². The monoisotopic (exact) mass is 322 g/mol. The molecule has 0 aromatic carbocycles. The molecule has 0 rings (SSSR count). The van der Waals surface area contributed by atoms with Gasteiger partial charge in [0, 0.05) is 0 Å². The Morgan fingerprint density at radius 3 is 1.89 bits per heavy atom. The Kier molecular flexibility index (Phi) is 9.19. The van der Waals surface area contributed by atoms with E-state index in [0.29, 0.717) is 6.61 Å². The van der Waals surface area contributed by atoms with Crippen LogP contribution in [0.15, 0.2) is 0 Å². The molecule has 0 heterocycles. The minimum atomic E-state index is -2.00. The Hall–Kier alpha value is -0.109. The molecule has 0 aliphatic rings. The zero-order valence-electron chi connectivity index (χ0n) is 13.4. The SMILES string of the molecule is C#COCCC[Si](C)(C)O[Si](C)(C)O[Si](C)(C)C.O. The lowest BCUT2D eigenvalue weighted by Gasteiger charge is -2.37. The zero-order valence-corrected chi connectivity index (χ0v) is 16.4. The highest BCUT2D eigenvalue weighted by Crippen LogP contribution is 2.23. The standard InChI is InChI=1S/C12H28O3Si3.H2O/c1-9-13-11-10-12-17(5,6)15-18(7,8)14-16(2,3)4;/h1H,10-12H2,2-8H3;1H2. The lowest BCUT2D eigenvalue weighted by atomic mass is 10.5. The van der Waals surface area contributed by atoms with E-state index in [1.807, 2.05) is 0 Å². The van der Waals surface area contributed by atoms with E-state index in [9.17, 15) is 0 Å². The van der Waals surface area contributed by atoms with Crippen LogP contribution in [0, 0.1) is 12.5 Å². The second-order valence-electron chi connectivity index (χ2n) is 6.55. The summed E-state index contributed by atoms with van der Waals surface area (Å²) in [6.45, 7) is 16.0. The van der Waals surface area contributed by atoms with Crippen molar-refractivity contribution < 1.29 is 18.4 Å². The van der Waals surface area contributed by atoms with Gasteiger partial charge in [0.15, 0.2) is 16.6 Å². The van der Waals surface area contributed by atoms with E-state index in [-0.39, 0.29) is 5.48 Å². The maximum atomic E-state index is 6.36. The largest absolute Gasteiger partial charge is 0.447 e. The highest BCUT2D eigenvalue weighted by Gasteiger charge is 2.37. The van der Waals surface area contributed by atoms with Crippen LogP contribution in [0.1, 0.15) is 6.42 Å². The van der Waals surface area contributed by atoms with Crippen LogP contribution >= 0.6 is 0 Å². The van der Waals surface area contributed by atoms with Crippen molar-refractivity contribution in [2.45, 2.75) is 58.3 Å². The van der Waals surface area contributed by atoms with Gasteiger partial charge in [-0.25, -0.2) is 0 Å². The molecule has 0 bridgehead atoms. The van der Waals surface area contributed by atoms with E-state index in [4.69, 9.17) is 19.4 Å². The highest BCUT2D eigenvalue weighted by molar-refractivity contribution is 6.87. The van der Waals surface area contributed by atoms with Gasteiger partial charge in [0.1, 0.15) is 6.11 Å². The molecule has 0 aliphatic carbocycles. The second-order valence-corrected chi connectivity index (χ2v) is 19.2. The summed E-state index contributed by atoms with van der Waals surface area (Å²) in [5, 5.41) is 0. The van der Waals surface area contributed by atoms with Crippen molar-refractivity contribution in [3.8, 4) is 12.5 Å². The van der Waals surface area contributed by atoms with Crippen LogP contribution in [-0.2, 0) is 13.0 Å². The molecular weight excluding hydrogens is 292 g/mol. The predicted molar refractivity (Wildman–Crippen MR) is 88.3 cm³/mol. The Morgan fingerprint density at radius 2 is 1.47 bits per heavy atom. The van der Waals surface area contributed by atoms with Crippen molar-refractivity contribution in [2.24, 2.45) is 0 Å². The van der Waals surface area contributed by atoms with Crippen molar-refractivity contribution in [3.63, 3.8) is 0 Å². The van der Waals surface area contributed by atoms with Gasteiger partial charge in [-0.05, 0) is 58.3 Å². The van der Waals surface area contributed by atoms with Crippen molar-refractivity contribution in [1.29, 1.82) is 0 Å². The van der Waals surface area contributed by atoms with Crippen LogP contribution in [0.2, 0.25) is 51.9 Å². The summed E-state index contributed by atoms with van der Waals surface area (Å²) in [7, 11) is -5.21. The average Bonchev–Trinajstić information content (AvgIpc) is 2.06. The van der Waals surface area contributed by atoms with Gasteiger partial charge in [-0.3, -0.25) is 0 Å². The lowest BCUT2D eigenvalue weighted by molar-refractivity contribution is 0.275. The fourth-order valence-corrected chi connectivity index (χ4v) is 15.3. The first-order valence-electron chi connectivity index (χ1n) is 6.45. The van der Waals surface area contributed by atoms with Crippen LogP contribution in [0.3, 0.4) is 0 Å². The molecular formula is C12H30O4Si3. The van der Waals surface area contributed by atoms with Gasteiger partial charge in [-0.15, -0.1) is 0 Å². The van der Waals surface area contributed by atoms with E-state index in [2.05, 4.69) is 51.9 Å². The number of hydrogen-bond donors (Lipinski definition) is 0. The van der Waals surface area contributed by atoms with E-state index >= 15 is 0 Å². The number of terminal acetylenes is 1. The minimum absolute atomic E-state index is 0. The van der Waals surface area contributed by atoms with Gasteiger partial charge in [0.05, 0.1) is 6.61 Å². The predicted octanol–water partition coefficient (Wildman–Crippen LogP) is 2.93. The van der Waals surface area contributed by atoms with Crippen molar-refractivity contribution in [1.82, 2.24) is 0 Å². The van der Waals surface area contributed by atoms with E-state index in [0.717, 1.165) is 12.5 Å². The topological polar surface area (TPSA) is 59.2 Å². The van der Waals surface area contributed by atoms with Gasteiger partial charge < -0.3 is 18.4 Å². The van der Waals surface area contributed by atoms with Gasteiger partial charge in [0.25, 0.3) is 0 Å². The van der Waals surface area contributed by atoms with Gasteiger partial charge in [-0.1, -0.05) is 6.42 Å². The van der Waals surface area contributed by atoms with E-state index in [1.165, 1.54) is 0 Å². The molecule has 0 amide bonds. The molecule has 0 unspecified atom stereocenters. The molecule has 0 atom stereocenters.